The molecule has 0 aliphatic carbocycles. The molecular formula is C18H18N8O2. The first kappa shape index (κ1) is 18.8. The number of tetrazole rings is 1. The highest BCUT2D eigenvalue weighted by atomic mass is 16.6. The van der Waals surface area contributed by atoms with Crippen LogP contribution in [-0.4, -0.2) is 42.5 Å². The summed E-state index contributed by atoms with van der Waals surface area (Å²) in [6.45, 7) is 1.48. The van der Waals surface area contributed by atoms with Gasteiger partial charge in [-0.25, -0.2) is 9.67 Å². The average molecular weight is 378 g/mol. The number of hydrogen-bond donors (Lipinski definition) is 2. The number of oxime groups is 1. The summed E-state index contributed by atoms with van der Waals surface area (Å²) in [4.78, 5) is 21.4. The van der Waals surface area contributed by atoms with Gasteiger partial charge in [-0.1, -0.05) is 41.6 Å². The molecule has 1 amide bonds. The number of carbonyl (C=O) groups is 1. The van der Waals surface area contributed by atoms with Crippen LogP contribution in [0.25, 0.3) is 0 Å². The Bertz CT molecular complexity index is 1010. The van der Waals surface area contributed by atoms with Crippen LogP contribution in [0.15, 0.2) is 53.7 Å². The van der Waals surface area contributed by atoms with Crippen molar-refractivity contribution in [2.24, 2.45) is 12.2 Å². The molecule has 3 rings (SSSR count). The van der Waals surface area contributed by atoms with Crippen LogP contribution in [0.4, 0.5) is 5.82 Å². The summed E-state index contributed by atoms with van der Waals surface area (Å²) in [5, 5.41) is 25.5. The van der Waals surface area contributed by atoms with E-state index in [1.807, 2.05) is 30.3 Å². The van der Waals surface area contributed by atoms with Gasteiger partial charge in [0, 0.05) is 12.6 Å². The zero-order chi connectivity index (χ0) is 19.9. The van der Waals surface area contributed by atoms with Crippen molar-refractivity contribution in [2.75, 3.05) is 5.32 Å². The normalized spacial score (nSPS) is 11.1. The summed E-state index contributed by atoms with van der Waals surface area (Å²) in [5.74, 6) is 0.286. The van der Waals surface area contributed by atoms with Crippen LogP contribution in [0.2, 0.25) is 0 Å². The van der Waals surface area contributed by atoms with Gasteiger partial charge in [0.15, 0.2) is 12.3 Å². The van der Waals surface area contributed by atoms with E-state index >= 15 is 0 Å². The Labute approximate surface area is 160 Å². The second-order valence-electron chi connectivity index (χ2n) is 5.80. The molecular weight excluding hydrogens is 360 g/mol. The number of pyridine rings is 1. The minimum atomic E-state index is -0.510. The summed E-state index contributed by atoms with van der Waals surface area (Å²) in [5.41, 5.74) is 1.75. The molecule has 2 heterocycles. The highest BCUT2D eigenvalue weighted by Crippen LogP contribution is 2.10. The molecule has 10 heteroatoms. The van der Waals surface area contributed by atoms with Crippen LogP contribution in [0.5, 0.6) is 0 Å². The van der Waals surface area contributed by atoms with Crippen LogP contribution in [-0.2, 0) is 23.3 Å². The minimum Gasteiger partial charge on any atom is -0.389 e. The van der Waals surface area contributed by atoms with Gasteiger partial charge in [0.1, 0.15) is 5.82 Å². The Morgan fingerprint density at radius 2 is 2.00 bits per heavy atom. The fraction of sp³-hybridized carbons (Fsp3) is 0.167. The fourth-order valence-corrected chi connectivity index (χ4v) is 2.25. The molecule has 0 aliphatic rings. The van der Waals surface area contributed by atoms with Crippen LogP contribution < -0.4 is 5.32 Å². The lowest BCUT2D eigenvalue weighted by Gasteiger charge is -2.07. The molecule has 10 nitrogen and oxygen atoms in total. The van der Waals surface area contributed by atoms with Crippen molar-refractivity contribution < 1.29 is 9.63 Å². The number of carbonyl (C=O) groups excluding carboxylic acids is 1. The summed E-state index contributed by atoms with van der Waals surface area (Å²) in [6, 6.07) is 14.5. The van der Waals surface area contributed by atoms with Gasteiger partial charge in [-0.3, -0.25) is 10.2 Å². The lowest BCUT2D eigenvalue weighted by molar-refractivity contribution is -0.110. The van der Waals surface area contributed by atoms with Crippen molar-refractivity contribution in [3.8, 4) is 0 Å². The van der Waals surface area contributed by atoms with E-state index in [1.54, 1.807) is 25.2 Å². The van der Waals surface area contributed by atoms with Crippen molar-refractivity contribution in [1.29, 1.82) is 5.41 Å². The van der Waals surface area contributed by atoms with Crippen LogP contribution >= 0.6 is 0 Å². The number of rotatable bonds is 7. The zero-order valence-corrected chi connectivity index (χ0v) is 15.3. The van der Waals surface area contributed by atoms with Crippen molar-refractivity contribution in [2.45, 2.75) is 13.5 Å². The lowest BCUT2D eigenvalue weighted by Crippen LogP contribution is -2.20. The average Bonchev–Trinajstić information content (AvgIpc) is 3.12. The number of aryl methyl sites for hydroxylation is 1. The Hall–Kier alpha value is -3.95. The first-order valence-corrected chi connectivity index (χ1v) is 8.35. The molecule has 0 aliphatic heterocycles. The third-order valence-corrected chi connectivity index (χ3v) is 3.64. The van der Waals surface area contributed by atoms with E-state index in [0.29, 0.717) is 23.0 Å². The zero-order valence-electron chi connectivity index (χ0n) is 15.3. The molecule has 0 radical (unpaired) electrons. The van der Waals surface area contributed by atoms with Crippen molar-refractivity contribution in [3.05, 3.63) is 65.6 Å². The van der Waals surface area contributed by atoms with Crippen LogP contribution in [0, 0.1) is 5.41 Å². The van der Waals surface area contributed by atoms with Crippen molar-refractivity contribution in [3.63, 3.8) is 0 Å². The monoisotopic (exact) mass is 378 g/mol. The highest BCUT2D eigenvalue weighted by Gasteiger charge is 2.15. The molecule has 0 spiro atoms. The van der Waals surface area contributed by atoms with Crippen LogP contribution in [0.1, 0.15) is 24.0 Å². The van der Waals surface area contributed by atoms with Gasteiger partial charge in [0.2, 0.25) is 5.82 Å². The van der Waals surface area contributed by atoms with Crippen LogP contribution in [0.3, 0.4) is 0 Å². The summed E-state index contributed by atoms with van der Waals surface area (Å²) in [7, 11) is 1.72. The van der Waals surface area contributed by atoms with Gasteiger partial charge in [0.25, 0.3) is 5.91 Å². The quantitative estimate of drug-likeness (QED) is 0.474. The number of anilines is 1. The molecule has 2 aromatic heterocycles. The molecule has 0 saturated heterocycles. The molecule has 3 aromatic rings. The number of amides is 1. The standard InChI is InChI=1S/C18H18N8O2/c1-12(19)18(27)21-15-10-6-9-14(20-15)11-28-23-16(13-7-4-3-5-8-13)17-22-24-25-26(17)2/h3-10,19H,11H2,1-2H3,(H,20,21,27)/b19-12?,23-16-. The molecule has 0 atom stereocenters. The third kappa shape index (κ3) is 4.61. The van der Waals surface area contributed by atoms with E-state index in [9.17, 15) is 4.79 Å². The van der Waals surface area contributed by atoms with E-state index in [-0.39, 0.29) is 12.3 Å². The number of nitrogens with one attached hydrogen (secondary N) is 2. The van der Waals surface area contributed by atoms with Crippen molar-refractivity contribution >= 4 is 23.1 Å². The highest BCUT2D eigenvalue weighted by molar-refractivity contribution is 6.40. The minimum absolute atomic E-state index is 0.0783. The fourth-order valence-electron chi connectivity index (χ4n) is 2.25. The maximum atomic E-state index is 11.6. The Balaban J connectivity index is 1.77. The lowest BCUT2D eigenvalue weighted by atomic mass is 10.1. The molecule has 0 bridgehead atoms. The first-order chi connectivity index (χ1) is 13.5. The second kappa shape index (κ2) is 8.62. The van der Waals surface area contributed by atoms with Gasteiger partial charge >= 0.3 is 0 Å². The maximum absolute atomic E-state index is 11.6. The second-order valence-corrected chi connectivity index (χ2v) is 5.80. The Morgan fingerprint density at radius 1 is 1.21 bits per heavy atom. The predicted molar refractivity (Wildman–Crippen MR) is 102 cm³/mol. The van der Waals surface area contributed by atoms with Gasteiger partial charge in [-0.2, -0.15) is 0 Å². The van der Waals surface area contributed by atoms with E-state index in [2.05, 4.69) is 31.0 Å². The Kier molecular flexibility index (Phi) is 5.80. The van der Waals surface area contributed by atoms with Gasteiger partial charge in [-0.05, 0) is 29.5 Å². The number of benzene rings is 1. The largest absolute Gasteiger partial charge is 0.389 e. The summed E-state index contributed by atoms with van der Waals surface area (Å²) < 4.78 is 1.50. The first-order valence-electron chi connectivity index (χ1n) is 8.35. The van der Waals surface area contributed by atoms with Crippen molar-refractivity contribution in [1.82, 2.24) is 25.2 Å². The molecule has 0 saturated carbocycles. The Morgan fingerprint density at radius 3 is 2.68 bits per heavy atom. The molecule has 0 unspecified atom stereocenters. The van der Waals surface area contributed by atoms with Gasteiger partial charge < -0.3 is 10.2 Å². The number of hydrogen-bond acceptors (Lipinski definition) is 8. The summed E-state index contributed by atoms with van der Waals surface area (Å²) in [6.07, 6.45) is 0. The van der Waals surface area contributed by atoms with Gasteiger partial charge in [-0.15, -0.1) is 5.10 Å². The van der Waals surface area contributed by atoms with E-state index in [4.69, 9.17) is 10.2 Å². The predicted octanol–water partition coefficient (Wildman–Crippen LogP) is 1.55. The molecule has 28 heavy (non-hydrogen) atoms. The SMILES string of the molecule is CC(=N)C(=O)Nc1cccc(CO/N=C(/c2ccccc2)c2nnnn2C)n1. The van der Waals surface area contributed by atoms with E-state index in [1.165, 1.54) is 11.6 Å². The molecule has 0 fully saturated rings. The smallest absolute Gasteiger partial charge is 0.270 e. The van der Waals surface area contributed by atoms with E-state index in [0.717, 1.165) is 5.56 Å². The molecule has 2 N–H and O–H groups in total. The van der Waals surface area contributed by atoms with Gasteiger partial charge in [0.05, 0.1) is 11.4 Å². The van der Waals surface area contributed by atoms with E-state index < -0.39 is 5.91 Å². The number of nitrogens with zero attached hydrogens (tertiary/aromatic N) is 6. The molecule has 142 valence electrons. The topological polar surface area (TPSA) is 131 Å². The maximum Gasteiger partial charge on any atom is 0.270 e. The summed E-state index contributed by atoms with van der Waals surface area (Å²) >= 11 is 0. The number of aromatic nitrogens is 5. The third-order valence-electron chi connectivity index (χ3n) is 3.64. The molecule has 1 aromatic carbocycles.